The van der Waals surface area contributed by atoms with Crippen molar-refractivity contribution in [3.05, 3.63) is 54.1 Å². The second-order valence-corrected chi connectivity index (χ2v) is 7.94. The van der Waals surface area contributed by atoms with Crippen LogP contribution in [0, 0.1) is 6.92 Å². The number of rotatable bonds is 8. The summed E-state index contributed by atoms with van der Waals surface area (Å²) in [4.78, 5) is 2.24. The standard InChI is InChI=1S/C22H26N4O3S/c1-17-5-3-4-6-20(17)26-21(25-11-13-28-14-12-25)23-24-22(26)30-16-15-29-19-9-7-18(27-2)8-10-19/h3-10H,11-16H2,1-2H3. The molecule has 1 aromatic heterocycles. The largest absolute Gasteiger partial charge is 0.497 e. The third kappa shape index (κ3) is 4.71. The first kappa shape index (κ1) is 20.6. The Labute approximate surface area is 181 Å². The van der Waals surface area contributed by atoms with E-state index in [2.05, 4.69) is 38.7 Å². The molecule has 158 valence electrons. The molecular weight excluding hydrogens is 400 g/mol. The summed E-state index contributed by atoms with van der Waals surface area (Å²) >= 11 is 1.64. The number of benzene rings is 2. The molecule has 0 unspecified atom stereocenters. The van der Waals surface area contributed by atoms with Crippen molar-refractivity contribution < 1.29 is 14.2 Å². The molecule has 0 spiro atoms. The maximum absolute atomic E-state index is 5.86. The van der Waals surface area contributed by atoms with Crippen LogP contribution in [0.1, 0.15) is 5.56 Å². The molecule has 0 N–H and O–H groups in total. The first-order chi connectivity index (χ1) is 14.8. The van der Waals surface area contributed by atoms with E-state index < -0.39 is 0 Å². The van der Waals surface area contributed by atoms with Crippen molar-refractivity contribution in [1.29, 1.82) is 0 Å². The minimum atomic E-state index is 0.574. The minimum Gasteiger partial charge on any atom is -0.497 e. The number of aromatic nitrogens is 3. The SMILES string of the molecule is COc1ccc(OCCSc2nnc(N3CCOCC3)n2-c2ccccc2C)cc1. The Kier molecular flexibility index (Phi) is 6.76. The summed E-state index contributed by atoms with van der Waals surface area (Å²) in [5.74, 6) is 3.27. The van der Waals surface area contributed by atoms with E-state index in [9.17, 15) is 0 Å². The van der Waals surface area contributed by atoms with Crippen LogP contribution in [0.2, 0.25) is 0 Å². The topological polar surface area (TPSA) is 61.6 Å². The van der Waals surface area contributed by atoms with Crippen molar-refractivity contribution in [3.63, 3.8) is 0 Å². The van der Waals surface area contributed by atoms with Crippen LogP contribution in [0.3, 0.4) is 0 Å². The average molecular weight is 427 g/mol. The number of nitrogens with zero attached hydrogens (tertiary/aromatic N) is 4. The van der Waals surface area contributed by atoms with Crippen LogP contribution in [0.15, 0.2) is 53.7 Å². The van der Waals surface area contributed by atoms with Crippen molar-refractivity contribution in [2.75, 3.05) is 50.7 Å². The van der Waals surface area contributed by atoms with Gasteiger partial charge in [-0.2, -0.15) is 0 Å². The van der Waals surface area contributed by atoms with E-state index in [1.807, 2.05) is 36.4 Å². The van der Waals surface area contributed by atoms with E-state index in [1.54, 1.807) is 18.9 Å². The summed E-state index contributed by atoms with van der Waals surface area (Å²) in [6, 6.07) is 15.9. The van der Waals surface area contributed by atoms with Gasteiger partial charge in [-0.1, -0.05) is 30.0 Å². The van der Waals surface area contributed by atoms with Gasteiger partial charge in [0.05, 0.1) is 32.6 Å². The lowest BCUT2D eigenvalue weighted by Crippen LogP contribution is -2.38. The molecule has 0 radical (unpaired) electrons. The van der Waals surface area contributed by atoms with Crippen molar-refractivity contribution in [2.24, 2.45) is 0 Å². The van der Waals surface area contributed by atoms with Gasteiger partial charge in [0.25, 0.3) is 0 Å². The molecule has 2 heterocycles. The number of aryl methyl sites for hydroxylation is 1. The smallest absolute Gasteiger partial charge is 0.232 e. The third-order valence-corrected chi connectivity index (χ3v) is 5.80. The fourth-order valence-corrected chi connectivity index (χ4v) is 4.07. The summed E-state index contributed by atoms with van der Waals surface area (Å²) in [6.07, 6.45) is 0. The fraction of sp³-hybridized carbons (Fsp3) is 0.364. The quantitative estimate of drug-likeness (QED) is 0.403. The van der Waals surface area contributed by atoms with Gasteiger partial charge in [0.1, 0.15) is 11.5 Å². The van der Waals surface area contributed by atoms with E-state index in [4.69, 9.17) is 14.2 Å². The van der Waals surface area contributed by atoms with Gasteiger partial charge < -0.3 is 19.1 Å². The van der Waals surface area contributed by atoms with Crippen LogP contribution in [0.4, 0.5) is 5.95 Å². The van der Waals surface area contributed by atoms with Crippen LogP contribution in [-0.4, -0.2) is 60.5 Å². The van der Waals surface area contributed by atoms with Crippen LogP contribution in [-0.2, 0) is 4.74 Å². The first-order valence-electron chi connectivity index (χ1n) is 10.00. The fourth-order valence-electron chi connectivity index (χ4n) is 3.31. The Balaban J connectivity index is 1.48. The molecule has 7 nitrogen and oxygen atoms in total. The molecule has 0 amide bonds. The summed E-state index contributed by atoms with van der Waals surface area (Å²) in [7, 11) is 1.66. The molecule has 0 saturated carbocycles. The predicted octanol–water partition coefficient (Wildman–Crippen LogP) is 3.59. The molecule has 1 saturated heterocycles. The number of methoxy groups -OCH3 is 1. The second-order valence-electron chi connectivity index (χ2n) is 6.88. The van der Waals surface area contributed by atoms with Gasteiger partial charge in [0, 0.05) is 18.8 Å². The summed E-state index contributed by atoms with van der Waals surface area (Å²) in [5, 5.41) is 9.88. The number of hydrogen-bond donors (Lipinski definition) is 0. The molecule has 1 aliphatic rings. The molecular formula is C22H26N4O3S. The van der Waals surface area contributed by atoms with Gasteiger partial charge in [0.2, 0.25) is 5.95 Å². The van der Waals surface area contributed by atoms with Crippen molar-refractivity contribution in [2.45, 2.75) is 12.1 Å². The second kappa shape index (κ2) is 9.86. The predicted molar refractivity (Wildman–Crippen MR) is 118 cm³/mol. The molecule has 8 heteroatoms. The average Bonchev–Trinajstić information content (AvgIpc) is 3.21. The molecule has 3 aromatic rings. The Morgan fingerprint density at radius 1 is 1.00 bits per heavy atom. The van der Waals surface area contributed by atoms with Crippen LogP contribution in [0.5, 0.6) is 11.5 Å². The molecule has 4 rings (SSSR count). The Hall–Kier alpha value is -2.71. The van der Waals surface area contributed by atoms with Gasteiger partial charge in [-0.25, -0.2) is 0 Å². The van der Waals surface area contributed by atoms with E-state index >= 15 is 0 Å². The molecule has 0 aliphatic carbocycles. The van der Waals surface area contributed by atoms with Crippen LogP contribution >= 0.6 is 11.8 Å². The summed E-state index contributed by atoms with van der Waals surface area (Å²) in [5.41, 5.74) is 2.28. The van der Waals surface area contributed by atoms with Crippen molar-refractivity contribution >= 4 is 17.7 Å². The lowest BCUT2D eigenvalue weighted by Gasteiger charge is -2.28. The highest BCUT2D eigenvalue weighted by atomic mass is 32.2. The van der Waals surface area contributed by atoms with Gasteiger partial charge in [-0.15, -0.1) is 10.2 Å². The first-order valence-corrected chi connectivity index (χ1v) is 11.0. The van der Waals surface area contributed by atoms with E-state index in [0.717, 1.165) is 47.1 Å². The van der Waals surface area contributed by atoms with Crippen LogP contribution < -0.4 is 14.4 Å². The normalized spacial score (nSPS) is 14.0. The zero-order chi connectivity index (χ0) is 20.8. The van der Waals surface area contributed by atoms with E-state index in [-0.39, 0.29) is 0 Å². The Morgan fingerprint density at radius 3 is 2.47 bits per heavy atom. The van der Waals surface area contributed by atoms with Crippen LogP contribution in [0.25, 0.3) is 5.69 Å². The molecule has 0 bridgehead atoms. The number of hydrogen-bond acceptors (Lipinski definition) is 7. The van der Waals surface area contributed by atoms with Crippen molar-refractivity contribution in [3.8, 4) is 17.2 Å². The minimum absolute atomic E-state index is 0.574. The lowest BCUT2D eigenvalue weighted by atomic mass is 10.2. The molecule has 1 fully saturated rings. The highest BCUT2D eigenvalue weighted by molar-refractivity contribution is 7.99. The maximum Gasteiger partial charge on any atom is 0.232 e. The Morgan fingerprint density at radius 2 is 1.73 bits per heavy atom. The van der Waals surface area contributed by atoms with Gasteiger partial charge in [-0.05, 0) is 42.8 Å². The molecule has 0 atom stereocenters. The molecule has 2 aromatic carbocycles. The number of para-hydroxylation sites is 1. The van der Waals surface area contributed by atoms with Gasteiger partial charge >= 0.3 is 0 Å². The molecule has 30 heavy (non-hydrogen) atoms. The lowest BCUT2D eigenvalue weighted by molar-refractivity contribution is 0.122. The van der Waals surface area contributed by atoms with E-state index in [0.29, 0.717) is 19.8 Å². The third-order valence-electron chi connectivity index (χ3n) is 4.91. The Bertz CT molecular complexity index is 955. The highest BCUT2D eigenvalue weighted by Gasteiger charge is 2.22. The number of anilines is 1. The number of thioether (sulfide) groups is 1. The zero-order valence-corrected chi connectivity index (χ0v) is 18.1. The van der Waals surface area contributed by atoms with Gasteiger partial charge in [0.15, 0.2) is 5.16 Å². The molecule has 1 aliphatic heterocycles. The zero-order valence-electron chi connectivity index (χ0n) is 17.3. The van der Waals surface area contributed by atoms with Crippen molar-refractivity contribution in [1.82, 2.24) is 14.8 Å². The van der Waals surface area contributed by atoms with Gasteiger partial charge in [-0.3, -0.25) is 4.57 Å². The summed E-state index contributed by atoms with van der Waals surface area (Å²) < 4.78 is 18.7. The number of ether oxygens (including phenoxy) is 3. The number of morpholine rings is 1. The summed E-state index contributed by atoms with van der Waals surface area (Å²) in [6.45, 7) is 5.73. The maximum atomic E-state index is 5.86. The monoisotopic (exact) mass is 426 g/mol. The van der Waals surface area contributed by atoms with E-state index in [1.165, 1.54) is 5.56 Å². The highest BCUT2D eigenvalue weighted by Crippen LogP contribution is 2.29.